The molecule has 1 heterocycles. The Labute approximate surface area is 91.4 Å². The fraction of sp³-hybridized carbons (Fsp3) is 0.667. The second-order valence-electron chi connectivity index (χ2n) is 3.42. The van der Waals surface area contributed by atoms with E-state index in [0.29, 0.717) is 0 Å². The third-order valence-electron chi connectivity index (χ3n) is 2.03. The first-order valence-corrected chi connectivity index (χ1v) is 4.72. The molecule has 1 aromatic rings. The zero-order valence-electron chi connectivity index (χ0n) is 9.08. The van der Waals surface area contributed by atoms with Gasteiger partial charge in [0.1, 0.15) is 6.61 Å². The van der Waals surface area contributed by atoms with E-state index in [0.717, 1.165) is 5.56 Å². The number of aryl methyl sites for hydroxylation is 1. The highest BCUT2D eigenvalue weighted by atomic mass is 19.4. The molecule has 1 atom stereocenters. The maximum absolute atomic E-state index is 11.9. The highest BCUT2D eigenvalue weighted by Gasteiger charge is 2.28. The Morgan fingerprint density at radius 1 is 1.56 bits per heavy atom. The first-order valence-electron chi connectivity index (χ1n) is 4.72. The van der Waals surface area contributed by atoms with Crippen LogP contribution in [-0.4, -0.2) is 36.2 Å². The minimum Gasteiger partial charge on any atom is -0.370 e. The summed E-state index contributed by atoms with van der Waals surface area (Å²) < 4.78 is 41.7. The van der Waals surface area contributed by atoms with Crippen LogP contribution in [0.2, 0.25) is 0 Å². The number of halogens is 3. The van der Waals surface area contributed by atoms with Gasteiger partial charge in [-0.3, -0.25) is 4.68 Å². The molecular formula is C9H14F3N3O. The number of alkyl halides is 3. The third kappa shape index (κ3) is 4.19. The molecule has 4 nitrogen and oxygen atoms in total. The van der Waals surface area contributed by atoms with E-state index in [1.807, 2.05) is 0 Å². The van der Waals surface area contributed by atoms with Crippen molar-refractivity contribution >= 4 is 0 Å². The average molecular weight is 237 g/mol. The molecule has 1 unspecified atom stereocenters. The first kappa shape index (κ1) is 13.0. The molecule has 1 N–H and O–H groups in total. The van der Waals surface area contributed by atoms with Crippen LogP contribution in [0.3, 0.4) is 0 Å². The van der Waals surface area contributed by atoms with E-state index in [1.54, 1.807) is 31.2 Å². The molecule has 1 aromatic heterocycles. The minimum atomic E-state index is -4.28. The van der Waals surface area contributed by atoms with Crippen molar-refractivity contribution in [1.82, 2.24) is 15.1 Å². The van der Waals surface area contributed by atoms with Gasteiger partial charge in [-0.05, 0) is 7.05 Å². The van der Waals surface area contributed by atoms with Gasteiger partial charge in [-0.2, -0.15) is 18.3 Å². The number of rotatable bonds is 5. The summed E-state index contributed by atoms with van der Waals surface area (Å²) in [5.41, 5.74) is 0.798. The van der Waals surface area contributed by atoms with Gasteiger partial charge in [-0.15, -0.1) is 0 Å². The highest BCUT2D eigenvalue weighted by Crippen LogP contribution is 2.17. The van der Waals surface area contributed by atoms with Crippen LogP contribution >= 0.6 is 0 Å². The van der Waals surface area contributed by atoms with Crippen molar-refractivity contribution < 1.29 is 17.9 Å². The van der Waals surface area contributed by atoms with Gasteiger partial charge in [0.15, 0.2) is 0 Å². The normalized spacial score (nSPS) is 14.1. The van der Waals surface area contributed by atoms with E-state index in [-0.39, 0.29) is 12.6 Å². The van der Waals surface area contributed by atoms with Gasteiger partial charge in [-0.1, -0.05) is 0 Å². The summed E-state index contributed by atoms with van der Waals surface area (Å²) in [6, 6.07) is -0.281. The number of nitrogens with one attached hydrogen (secondary N) is 1. The van der Waals surface area contributed by atoms with E-state index in [2.05, 4.69) is 15.2 Å². The van der Waals surface area contributed by atoms with Crippen molar-refractivity contribution in [2.45, 2.75) is 12.2 Å². The maximum Gasteiger partial charge on any atom is 0.411 e. The smallest absolute Gasteiger partial charge is 0.370 e. The van der Waals surface area contributed by atoms with Crippen molar-refractivity contribution in [3.63, 3.8) is 0 Å². The van der Waals surface area contributed by atoms with E-state index >= 15 is 0 Å². The molecule has 0 bridgehead atoms. The summed E-state index contributed by atoms with van der Waals surface area (Å²) in [6.45, 7) is -1.27. The van der Waals surface area contributed by atoms with Crippen molar-refractivity contribution in [2.75, 3.05) is 20.3 Å². The van der Waals surface area contributed by atoms with E-state index < -0.39 is 12.8 Å². The standard InChI is InChI=1S/C9H14F3N3O/c1-13-8(5-16-6-9(10,11)12)7-3-14-15(2)4-7/h3-4,8,13H,5-6H2,1-2H3. The fourth-order valence-electron chi connectivity index (χ4n) is 1.26. The third-order valence-corrected chi connectivity index (χ3v) is 2.03. The number of hydrogen-bond donors (Lipinski definition) is 1. The van der Waals surface area contributed by atoms with Gasteiger partial charge >= 0.3 is 6.18 Å². The average Bonchev–Trinajstić information content (AvgIpc) is 2.58. The number of hydrogen-bond acceptors (Lipinski definition) is 3. The van der Waals surface area contributed by atoms with Gasteiger partial charge in [0.2, 0.25) is 0 Å². The quantitative estimate of drug-likeness (QED) is 0.838. The lowest BCUT2D eigenvalue weighted by molar-refractivity contribution is -0.175. The second kappa shape index (κ2) is 5.31. The molecule has 0 aromatic carbocycles. The molecule has 0 radical (unpaired) electrons. The topological polar surface area (TPSA) is 39.1 Å². The van der Waals surface area contributed by atoms with Crippen LogP contribution in [0.1, 0.15) is 11.6 Å². The molecule has 1 rings (SSSR count). The molecule has 0 aliphatic carbocycles. The van der Waals surface area contributed by atoms with Crippen LogP contribution in [-0.2, 0) is 11.8 Å². The summed E-state index contributed by atoms with van der Waals surface area (Å²) in [4.78, 5) is 0. The van der Waals surface area contributed by atoms with Crippen molar-refractivity contribution in [2.24, 2.45) is 7.05 Å². The zero-order chi connectivity index (χ0) is 12.2. The first-order chi connectivity index (χ1) is 7.42. The summed E-state index contributed by atoms with van der Waals surface area (Å²) >= 11 is 0. The maximum atomic E-state index is 11.9. The Kier molecular flexibility index (Phi) is 4.31. The van der Waals surface area contributed by atoms with E-state index in [1.165, 1.54) is 0 Å². The molecule has 0 aliphatic heterocycles. The summed E-state index contributed by atoms with van der Waals surface area (Å²) in [7, 11) is 3.40. The van der Waals surface area contributed by atoms with Crippen LogP contribution in [0, 0.1) is 0 Å². The summed E-state index contributed by atoms with van der Waals surface area (Å²) in [5.74, 6) is 0. The van der Waals surface area contributed by atoms with Crippen molar-refractivity contribution in [3.05, 3.63) is 18.0 Å². The summed E-state index contributed by atoms with van der Waals surface area (Å²) in [5, 5.41) is 6.81. The van der Waals surface area contributed by atoms with Gasteiger partial charge in [0, 0.05) is 18.8 Å². The molecular weight excluding hydrogens is 223 g/mol. The Bertz CT molecular complexity index is 324. The lowest BCUT2D eigenvalue weighted by Crippen LogP contribution is -2.25. The van der Waals surface area contributed by atoms with Crippen LogP contribution in [0.5, 0.6) is 0 Å². The van der Waals surface area contributed by atoms with E-state index in [9.17, 15) is 13.2 Å². The van der Waals surface area contributed by atoms with Crippen LogP contribution in [0.25, 0.3) is 0 Å². The highest BCUT2D eigenvalue weighted by molar-refractivity contribution is 5.09. The lowest BCUT2D eigenvalue weighted by atomic mass is 10.2. The number of aromatic nitrogens is 2. The second-order valence-corrected chi connectivity index (χ2v) is 3.42. The Morgan fingerprint density at radius 3 is 2.69 bits per heavy atom. The molecule has 0 saturated heterocycles. The van der Waals surface area contributed by atoms with Gasteiger partial charge < -0.3 is 10.1 Å². The molecule has 0 saturated carbocycles. The van der Waals surface area contributed by atoms with Gasteiger partial charge in [0.05, 0.1) is 18.8 Å². The number of nitrogens with zero attached hydrogens (tertiary/aromatic N) is 2. The molecule has 0 fully saturated rings. The van der Waals surface area contributed by atoms with Crippen LogP contribution in [0.15, 0.2) is 12.4 Å². The van der Waals surface area contributed by atoms with Gasteiger partial charge in [-0.25, -0.2) is 0 Å². The molecule has 92 valence electrons. The lowest BCUT2D eigenvalue weighted by Gasteiger charge is -2.15. The molecule has 7 heteroatoms. The number of ether oxygens (including phenoxy) is 1. The Hall–Kier alpha value is -1.08. The predicted molar refractivity (Wildman–Crippen MR) is 51.9 cm³/mol. The predicted octanol–water partition coefficient (Wildman–Crippen LogP) is 1.26. The Morgan fingerprint density at radius 2 is 2.25 bits per heavy atom. The largest absolute Gasteiger partial charge is 0.411 e. The van der Waals surface area contributed by atoms with Crippen molar-refractivity contribution in [1.29, 1.82) is 0 Å². The van der Waals surface area contributed by atoms with E-state index in [4.69, 9.17) is 0 Å². The summed E-state index contributed by atoms with van der Waals surface area (Å²) in [6.07, 6.45) is -0.955. The van der Waals surface area contributed by atoms with Gasteiger partial charge in [0.25, 0.3) is 0 Å². The van der Waals surface area contributed by atoms with Crippen molar-refractivity contribution in [3.8, 4) is 0 Å². The van der Waals surface area contributed by atoms with Crippen LogP contribution in [0.4, 0.5) is 13.2 Å². The zero-order valence-corrected chi connectivity index (χ0v) is 9.08. The minimum absolute atomic E-state index is 0.0400. The number of likely N-dealkylation sites (N-methyl/N-ethyl adjacent to an activating group) is 1. The molecule has 0 spiro atoms. The van der Waals surface area contributed by atoms with Crippen LogP contribution < -0.4 is 5.32 Å². The molecule has 16 heavy (non-hydrogen) atoms. The fourth-order valence-corrected chi connectivity index (χ4v) is 1.26. The monoisotopic (exact) mass is 237 g/mol. The molecule has 0 amide bonds. The molecule has 0 aliphatic rings. The SMILES string of the molecule is CNC(COCC(F)(F)F)c1cnn(C)c1. The Balaban J connectivity index is 2.44.